The lowest BCUT2D eigenvalue weighted by atomic mass is 9.34. The van der Waals surface area contributed by atoms with E-state index in [4.69, 9.17) is 9.47 Å². The Kier molecular flexibility index (Phi) is 5.42. The number of allylic oxidation sites excluding steroid dienone is 3. The molecule has 6 heteroatoms. The number of ether oxygens (including phenoxy) is 2. The van der Waals surface area contributed by atoms with E-state index in [0.29, 0.717) is 0 Å². The van der Waals surface area contributed by atoms with Gasteiger partial charge in [-0.15, -0.1) is 0 Å². The summed E-state index contributed by atoms with van der Waals surface area (Å²) in [5, 5.41) is 22.4. The van der Waals surface area contributed by atoms with Crippen molar-refractivity contribution in [3.63, 3.8) is 0 Å². The molecule has 0 aromatic carbocycles. The van der Waals surface area contributed by atoms with Gasteiger partial charge in [-0.3, -0.25) is 9.59 Å². The number of carbonyl (C=O) groups is 2. The van der Waals surface area contributed by atoms with Crippen LogP contribution in [0.25, 0.3) is 0 Å². The van der Waals surface area contributed by atoms with Crippen LogP contribution in [0.4, 0.5) is 0 Å². The molecule has 0 heterocycles. The molecule has 0 radical (unpaired) electrons. The highest BCUT2D eigenvalue weighted by Gasteiger charge is 2.70. The first kappa shape index (κ1) is 26.0. The van der Waals surface area contributed by atoms with E-state index in [0.717, 1.165) is 43.3 Å². The first-order valence-electron chi connectivity index (χ1n) is 13.4. The van der Waals surface area contributed by atoms with Gasteiger partial charge >= 0.3 is 0 Å². The van der Waals surface area contributed by atoms with Crippen molar-refractivity contribution in [3.05, 3.63) is 34.9 Å². The Morgan fingerprint density at radius 2 is 1.58 bits per heavy atom. The summed E-state index contributed by atoms with van der Waals surface area (Å²) in [7, 11) is 2.83. The van der Waals surface area contributed by atoms with Gasteiger partial charge < -0.3 is 19.7 Å². The predicted octanol–water partition coefficient (Wildman–Crippen LogP) is 4.30. The molecule has 3 fully saturated rings. The van der Waals surface area contributed by atoms with Gasteiger partial charge in [0.25, 0.3) is 5.79 Å². The molecule has 5 aliphatic rings. The fraction of sp³-hybridized carbons (Fsp3) is 0.733. The molecule has 5 rings (SSSR count). The maximum Gasteiger partial charge on any atom is 0.264 e. The predicted molar refractivity (Wildman–Crippen MR) is 136 cm³/mol. The largest absolute Gasteiger partial charge is 0.385 e. The quantitative estimate of drug-likeness (QED) is 0.552. The van der Waals surface area contributed by atoms with Crippen molar-refractivity contribution < 1.29 is 29.3 Å². The van der Waals surface area contributed by atoms with Gasteiger partial charge in [0.05, 0.1) is 0 Å². The average molecular weight is 499 g/mol. The molecule has 0 aliphatic heterocycles. The van der Waals surface area contributed by atoms with Gasteiger partial charge in [0.2, 0.25) is 5.78 Å². The van der Waals surface area contributed by atoms with E-state index < -0.39 is 34.1 Å². The third kappa shape index (κ3) is 2.67. The van der Waals surface area contributed by atoms with E-state index in [1.807, 2.05) is 13.0 Å². The van der Waals surface area contributed by atoms with Gasteiger partial charge in [0, 0.05) is 31.0 Å². The zero-order valence-electron chi connectivity index (χ0n) is 23.0. The van der Waals surface area contributed by atoms with E-state index in [1.54, 1.807) is 13.0 Å². The van der Waals surface area contributed by atoms with Crippen molar-refractivity contribution in [2.75, 3.05) is 14.2 Å². The molecule has 0 aromatic rings. The standard InChI is InChI=1S/C30H42O6/c1-17-15-21-26(3,24(33)23(17)32)12-14-27(4)20-10-9-18-19(25(20,2)11-13-28(21,27)5)16-22(31)30(34,36-8)29(18,6)35-7/h9-10,16-17,21,24,33-34H,11-15H2,1-8H3/t17-,21-,24-,25+,26-,27-,28+,29+,30-/m1/s1. The van der Waals surface area contributed by atoms with Crippen LogP contribution in [0.3, 0.4) is 0 Å². The summed E-state index contributed by atoms with van der Waals surface area (Å²) in [5.74, 6) is -2.54. The van der Waals surface area contributed by atoms with Crippen LogP contribution in [0.15, 0.2) is 34.9 Å². The van der Waals surface area contributed by atoms with Crippen LogP contribution >= 0.6 is 0 Å². The Morgan fingerprint density at radius 1 is 0.917 bits per heavy atom. The monoisotopic (exact) mass is 498 g/mol. The summed E-state index contributed by atoms with van der Waals surface area (Å²) in [6.07, 6.45) is 9.06. The Bertz CT molecular complexity index is 1130. The Hall–Kier alpha value is -1.60. The molecule has 0 spiro atoms. The van der Waals surface area contributed by atoms with E-state index in [-0.39, 0.29) is 28.4 Å². The molecule has 0 amide bonds. The van der Waals surface area contributed by atoms with Gasteiger partial charge in [-0.2, -0.15) is 0 Å². The highest BCUT2D eigenvalue weighted by Crippen LogP contribution is 2.74. The van der Waals surface area contributed by atoms with Crippen molar-refractivity contribution in [3.8, 4) is 0 Å². The third-order valence-electron chi connectivity index (χ3n) is 12.1. The zero-order chi connectivity index (χ0) is 26.7. The number of hydrogen-bond donors (Lipinski definition) is 2. The van der Waals surface area contributed by atoms with Crippen molar-refractivity contribution in [2.24, 2.45) is 33.5 Å². The molecule has 36 heavy (non-hydrogen) atoms. The van der Waals surface area contributed by atoms with E-state index in [9.17, 15) is 19.8 Å². The van der Waals surface area contributed by atoms with Crippen LogP contribution in [0.1, 0.15) is 73.6 Å². The minimum Gasteiger partial charge on any atom is -0.385 e. The van der Waals surface area contributed by atoms with Crippen LogP contribution < -0.4 is 0 Å². The van der Waals surface area contributed by atoms with Gasteiger partial charge in [0.15, 0.2) is 11.4 Å². The summed E-state index contributed by atoms with van der Waals surface area (Å²) in [6.45, 7) is 12.7. The van der Waals surface area contributed by atoms with E-state index >= 15 is 0 Å². The Balaban J connectivity index is 1.67. The molecule has 198 valence electrons. The lowest BCUT2D eigenvalue weighted by molar-refractivity contribution is -0.260. The van der Waals surface area contributed by atoms with Crippen LogP contribution in [0, 0.1) is 33.5 Å². The van der Waals surface area contributed by atoms with Gasteiger partial charge in [-0.1, -0.05) is 52.3 Å². The van der Waals surface area contributed by atoms with Crippen LogP contribution in [-0.4, -0.2) is 53.5 Å². The van der Waals surface area contributed by atoms with E-state index in [2.05, 4.69) is 33.8 Å². The second kappa shape index (κ2) is 7.49. The zero-order valence-corrected chi connectivity index (χ0v) is 23.0. The summed E-state index contributed by atoms with van der Waals surface area (Å²) >= 11 is 0. The van der Waals surface area contributed by atoms with Crippen LogP contribution in [0.5, 0.6) is 0 Å². The highest BCUT2D eigenvalue weighted by atomic mass is 16.7. The molecule has 0 unspecified atom stereocenters. The summed E-state index contributed by atoms with van der Waals surface area (Å²) < 4.78 is 11.2. The van der Waals surface area contributed by atoms with Crippen LogP contribution in [-0.2, 0) is 19.1 Å². The fourth-order valence-corrected chi connectivity index (χ4v) is 9.20. The van der Waals surface area contributed by atoms with E-state index in [1.165, 1.54) is 19.8 Å². The molecular weight excluding hydrogens is 456 g/mol. The molecule has 0 saturated heterocycles. The maximum absolute atomic E-state index is 13.3. The fourth-order valence-electron chi connectivity index (χ4n) is 9.20. The van der Waals surface area contributed by atoms with Crippen molar-refractivity contribution >= 4 is 11.6 Å². The minimum atomic E-state index is -2.10. The lowest BCUT2D eigenvalue weighted by Crippen LogP contribution is -2.67. The summed E-state index contributed by atoms with van der Waals surface area (Å²) in [6, 6.07) is 0. The molecule has 5 aliphatic carbocycles. The number of methoxy groups -OCH3 is 2. The van der Waals surface area contributed by atoms with Gasteiger partial charge in [-0.05, 0) is 73.0 Å². The van der Waals surface area contributed by atoms with Crippen molar-refractivity contribution in [2.45, 2.75) is 91.1 Å². The number of Topliss-reactive ketones (excluding diaryl/α,β-unsaturated/α-hetero) is 1. The van der Waals surface area contributed by atoms with Gasteiger partial charge in [-0.25, -0.2) is 0 Å². The smallest absolute Gasteiger partial charge is 0.264 e. The molecule has 0 aromatic heterocycles. The number of rotatable bonds is 2. The highest BCUT2D eigenvalue weighted by molar-refractivity contribution is 6.01. The van der Waals surface area contributed by atoms with Gasteiger partial charge in [0.1, 0.15) is 6.10 Å². The number of carbonyl (C=O) groups excluding carboxylic acids is 2. The second-order valence-electron chi connectivity index (χ2n) is 13.3. The maximum atomic E-state index is 13.3. The number of aliphatic hydroxyl groups is 2. The summed E-state index contributed by atoms with van der Waals surface area (Å²) in [4.78, 5) is 26.1. The van der Waals surface area contributed by atoms with Crippen LogP contribution in [0.2, 0.25) is 0 Å². The molecule has 6 nitrogen and oxygen atoms in total. The SMILES string of the molecule is CO[C@@]1(C)C2=CC=C3[C@@](C)(CC[C@@]4(C)[C@@H]5C[C@@H](C)C(=O)[C@@H](O)[C@]5(C)CC[C@]34C)C2=CC(=O)[C@@]1(O)OC. The molecular formula is C30H42O6. The molecule has 3 saturated carbocycles. The number of aliphatic hydroxyl groups excluding tert-OH is 1. The Labute approximate surface area is 214 Å². The number of fused-ring (bicyclic) bond motifs is 7. The van der Waals surface area contributed by atoms with Crippen molar-refractivity contribution in [1.82, 2.24) is 0 Å². The second-order valence-corrected chi connectivity index (χ2v) is 13.3. The lowest BCUT2D eigenvalue weighted by Gasteiger charge is -2.70. The van der Waals surface area contributed by atoms with Crippen molar-refractivity contribution in [1.29, 1.82) is 0 Å². The first-order chi connectivity index (χ1) is 16.6. The first-order valence-corrected chi connectivity index (χ1v) is 13.4. The Morgan fingerprint density at radius 3 is 2.19 bits per heavy atom. The summed E-state index contributed by atoms with van der Waals surface area (Å²) in [5.41, 5.74) is 0.535. The molecule has 9 atom stereocenters. The number of hydrogen-bond acceptors (Lipinski definition) is 6. The molecule has 2 N–H and O–H groups in total. The molecule has 0 bridgehead atoms. The number of ketones is 2. The third-order valence-corrected chi connectivity index (χ3v) is 12.1. The minimum absolute atomic E-state index is 0.0126. The normalized spacial score (nSPS) is 52.3. The average Bonchev–Trinajstić information content (AvgIpc) is 2.85. The topological polar surface area (TPSA) is 93.1 Å².